The summed E-state index contributed by atoms with van der Waals surface area (Å²) in [6.07, 6.45) is 0.429. The van der Waals surface area contributed by atoms with E-state index in [0.717, 1.165) is 16.3 Å². The number of nitrogens with zero attached hydrogens (tertiary/aromatic N) is 1. The molecule has 2 aromatic rings. The van der Waals surface area contributed by atoms with E-state index >= 15 is 0 Å². The first kappa shape index (κ1) is 15.6. The summed E-state index contributed by atoms with van der Waals surface area (Å²) in [5.74, 6) is -0.211. The van der Waals surface area contributed by atoms with Crippen LogP contribution in [0.3, 0.4) is 0 Å². The van der Waals surface area contributed by atoms with Gasteiger partial charge in [-0.1, -0.05) is 37.3 Å². The second-order valence-electron chi connectivity index (χ2n) is 5.49. The third-order valence-corrected chi connectivity index (χ3v) is 4.77. The summed E-state index contributed by atoms with van der Waals surface area (Å²) in [4.78, 5) is 27.5. The van der Waals surface area contributed by atoms with Crippen LogP contribution in [0, 0.1) is 0 Å². The van der Waals surface area contributed by atoms with E-state index in [-0.39, 0.29) is 23.6 Å². The summed E-state index contributed by atoms with van der Waals surface area (Å²) < 4.78 is 0. The third-order valence-electron chi connectivity index (χ3n) is 3.61. The van der Waals surface area contributed by atoms with Crippen molar-refractivity contribution in [2.75, 3.05) is 16.8 Å². The number of amides is 2. The summed E-state index contributed by atoms with van der Waals surface area (Å²) in [6, 6.07) is 17.0. The Hall–Kier alpha value is -2.27. The normalized spacial score (nSPS) is 17.3. The van der Waals surface area contributed by atoms with Crippen molar-refractivity contribution in [3.63, 3.8) is 0 Å². The van der Waals surface area contributed by atoms with Crippen molar-refractivity contribution in [3.8, 4) is 0 Å². The second kappa shape index (κ2) is 6.87. The van der Waals surface area contributed by atoms with Crippen LogP contribution in [-0.2, 0) is 9.59 Å². The molecular weight excluding hydrogens is 308 g/mol. The molecule has 118 valence electrons. The van der Waals surface area contributed by atoms with E-state index in [9.17, 15) is 9.59 Å². The molecule has 2 amide bonds. The van der Waals surface area contributed by atoms with E-state index in [0.29, 0.717) is 6.42 Å². The van der Waals surface area contributed by atoms with Gasteiger partial charge in [-0.2, -0.15) is 0 Å². The summed E-state index contributed by atoms with van der Waals surface area (Å²) in [5.41, 5.74) is 1.55. The molecule has 0 aromatic heterocycles. The van der Waals surface area contributed by atoms with Crippen molar-refractivity contribution >= 4 is 35.0 Å². The Balaban J connectivity index is 1.80. The molecule has 2 aromatic carbocycles. The fourth-order valence-corrected chi connectivity index (χ4v) is 3.68. The number of hydrogen-bond acceptors (Lipinski definition) is 3. The van der Waals surface area contributed by atoms with E-state index < -0.39 is 0 Å². The average Bonchev–Trinajstić information content (AvgIpc) is 2.65. The molecule has 1 heterocycles. The lowest BCUT2D eigenvalue weighted by molar-refractivity contribution is -0.121. The van der Waals surface area contributed by atoms with Crippen LogP contribution in [0.1, 0.15) is 13.3 Å². The van der Waals surface area contributed by atoms with Crippen molar-refractivity contribution in [2.45, 2.75) is 23.5 Å². The Bertz CT molecular complexity index is 718. The minimum Gasteiger partial charge on any atom is -0.325 e. The van der Waals surface area contributed by atoms with Gasteiger partial charge in [0.15, 0.2) is 0 Å². The number of carbonyl (C=O) groups is 2. The van der Waals surface area contributed by atoms with Crippen molar-refractivity contribution < 1.29 is 9.59 Å². The Kier molecular flexibility index (Phi) is 4.67. The minimum absolute atomic E-state index is 0.0156. The SMILES string of the molecule is CC1CC(=O)N(CC(=O)Nc2ccccc2)c2ccccc2S1. The maximum absolute atomic E-state index is 12.5. The molecule has 4 nitrogen and oxygen atoms in total. The van der Waals surface area contributed by atoms with Gasteiger partial charge in [0.25, 0.3) is 0 Å². The quantitative estimate of drug-likeness (QED) is 0.938. The van der Waals surface area contributed by atoms with Crippen molar-refractivity contribution in [1.29, 1.82) is 0 Å². The Morgan fingerprint density at radius 3 is 2.65 bits per heavy atom. The lowest BCUT2D eigenvalue weighted by Gasteiger charge is -2.22. The maximum Gasteiger partial charge on any atom is 0.244 e. The number of anilines is 2. The zero-order valence-electron chi connectivity index (χ0n) is 12.9. The van der Waals surface area contributed by atoms with Gasteiger partial charge in [0.1, 0.15) is 6.54 Å². The van der Waals surface area contributed by atoms with Crippen LogP contribution in [0.2, 0.25) is 0 Å². The number of para-hydroxylation sites is 2. The van der Waals surface area contributed by atoms with Crippen LogP contribution in [-0.4, -0.2) is 23.6 Å². The molecule has 23 heavy (non-hydrogen) atoms. The zero-order valence-corrected chi connectivity index (χ0v) is 13.7. The third kappa shape index (κ3) is 3.74. The highest BCUT2D eigenvalue weighted by Crippen LogP contribution is 2.37. The van der Waals surface area contributed by atoms with Gasteiger partial charge in [0.05, 0.1) is 5.69 Å². The van der Waals surface area contributed by atoms with E-state index in [2.05, 4.69) is 5.32 Å². The molecule has 1 unspecified atom stereocenters. The van der Waals surface area contributed by atoms with Crippen molar-refractivity contribution in [2.24, 2.45) is 0 Å². The molecular formula is C18H18N2O2S. The van der Waals surface area contributed by atoms with E-state index in [1.165, 1.54) is 0 Å². The van der Waals surface area contributed by atoms with Crippen LogP contribution < -0.4 is 10.2 Å². The Morgan fingerprint density at radius 1 is 1.17 bits per heavy atom. The van der Waals surface area contributed by atoms with Crippen LogP contribution in [0.4, 0.5) is 11.4 Å². The van der Waals surface area contributed by atoms with Crippen molar-refractivity contribution in [1.82, 2.24) is 0 Å². The standard InChI is InChI=1S/C18H18N2O2S/c1-13-11-18(22)20(15-9-5-6-10-16(15)23-13)12-17(21)19-14-7-3-2-4-8-14/h2-10,13H,11-12H2,1H3,(H,19,21). The van der Waals surface area contributed by atoms with E-state index in [4.69, 9.17) is 0 Å². The molecule has 0 radical (unpaired) electrons. The van der Waals surface area contributed by atoms with Gasteiger partial charge < -0.3 is 10.2 Å². The monoisotopic (exact) mass is 326 g/mol. The van der Waals surface area contributed by atoms with E-state index in [1.54, 1.807) is 16.7 Å². The first-order valence-electron chi connectivity index (χ1n) is 7.54. The Labute approximate surface area is 139 Å². The summed E-state index contributed by atoms with van der Waals surface area (Å²) in [7, 11) is 0. The van der Waals surface area contributed by atoms with Crippen molar-refractivity contribution in [3.05, 3.63) is 54.6 Å². The van der Waals surface area contributed by atoms with Gasteiger partial charge in [-0.25, -0.2) is 0 Å². The number of benzene rings is 2. The maximum atomic E-state index is 12.5. The fraction of sp³-hybridized carbons (Fsp3) is 0.222. The highest BCUT2D eigenvalue weighted by molar-refractivity contribution is 8.00. The predicted molar refractivity (Wildman–Crippen MR) is 93.8 cm³/mol. The molecule has 1 aliphatic rings. The highest BCUT2D eigenvalue weighted by Gasteiger charge is 2.27. The number of fused-ring (bicyclic) bond motifs is 1. The number of nitrogens with one attached hydrogen (secondary N) is 1. The number of hydrogen-bond donors (Lipinski definition) is 1. The summed E-state index contributed by atoms with van der Waals surface area (Å²) in [5, 5.41) is 3.03. The number of thioether (sulfide) groups is 1. The molecule has 0 saturated carbocycles. The van der Waals surface area contributed by atoms with Gasteiger partial charge in [0, 0.05) is 22.3 Å². The molecule has 0 bridgehead atoms. The summed E-state index contributed by atoms with van der Waals surface area (Å²) >= 11 is 1.68. The van der Waals surface area contributed by atoms with Gasteiger partial charge in [-0.3, -0.25) is 9.59 Å². The molecule has 0 saturated heterocycles. The first-order chi connectivity index (χ1) is 11.1. The molecule has 1 atom stereocenters. The van der Waals surface area contributed by atoms with Crippen LogP contribution in [0.25, 0.3) is 0 Å². The fourth-order valence-electron chi connectivity index (χ4n) is 2.57. The van der Waals surface area contributed by atoms with E-state index in [1.807, 2.05) is 61.5 Å². The topological polar surface area (TPSA) is 49.4 Å². The number of carbonyl (C=O) groups excluding carboxylic acids is 2. The predicted octanol–water partition coefficient (Wildman–Crippen LogP) is 3.54. The second-order valence-corrected chi connectivity index (χ2v) is 6.97. The Morgan fingerprint density at radius 2 is 1.87 bits per heavy atom. The molecule has 1 N–H and O–H groups in total. The highest BCUT2D eigenvalue weighted by atomic mass is 32.2. The average molecular weight is 326 g/mol. The lowest BCUT2D eigenvalue weighted by atomic mass is 10.2. The minimum atomic E-state index is -0.195. The largest absolute Gasteiger partial charge is 0.325 e. The van der Waals surface area contributed by atoms with Gasteiger partial charge in [-0.15, -0.1) is 11.8 Å². The summed E-state index contributed by atoms with van der Waals surface area (Å²) in [6.45, 7) is 2.06. The van der Waals surface area contributed by atoms with Crippen LogP contribution in [0.5, 0.6) is 0 Å². The molecule has 5 heteroatoms. The van der Waals surface area contributed by atoms with Gasteiger partial charge >= 0.3 is 0 Å². The molecule has 0 spiro atoms. The van der Waals surface area contributed by atoms with Gasteiger partial charge in [-0.05, 0) is 24.3 Å². The lowest BCUT2D eigenvalue weighted by Crippen LogP contribution is -2.38. The van der Waals surface area contributed by atoms with Crippen LogP contribution in [0.15, 0.2) is 59.5 Å². The zero-order chi connectivity index (χ0) is 16.2. The molecule has 1 aliphatic heterocycles. The number of rotatable bonds is 3. The molecule has 3 rings (SSSR count). The molecule has 0 aliphatic carbocycles. The van der Waals surface area contributed by atoms with Crippen LogP contribution >= 0.6 is 11.8 Å². The molecule has 0 fully saturated rings. The smallest absolute Gasteiger partial charge is 0.244 e. The first-order valence-corrected chi connectivity index (χ1v) is 8.42. The van der Waals surface area contributed by atoms with Gasteiger partial charge in [0.2, 0.25) is 11.8 Å².